The molecule has 0 saturated carbocycles. The molecule has 0 aliphatic carbocycles. The Morgan fingerprint density at radius 3 is 1.65 bits per heavy atom. The van der Waals surface area contributed by atoms with Crippen molar-refractivity contribution in [3.63, 3.8) is 0 Å². The number of aromatic nitrogens is 1. The molecule has 212 valence electrons. The molecule has 1 aromatic heterocycles. The van der Waals surface area contributed by atoms with Gasteiger partial charge in [0.2, 0.25) is 20.0 Å². The smallest absolute Gasteiger partial charge is 0.289 e. The maximum atomic E-state index is 13.6. The van der Waals surface area contributed by atoms with Crippen molar-refractivity contribution >= 4 is 31.4 Å². The number of nitro benzene ring substituents is 2. The monoisotopic (exact) mass is 590 g/mol. The van der Waals surface area contributed by atoms with E-state index in [0.717, 1.165) is 20.7 Å². The van der Waals surface area contributed by atoms with E-state index in [0.29, 0.717) is 24.4 Å². The molecule has 2 aromatic carbocycles. The number of hydrogen-bond acceptors (Lipinski definition) is 10. The van der Waals surface area contributed by atoms with E-state index >= 15 is 0 Å². The van der Waals surface area contributed by atoms with E-state index in [9.17, 15) is 37.1 Å². The van der Waals surface area contributed by atoms with Crippen molar-refractivity contribution in [2.45, 2.75) is 29.3 Å². The minimum atomic E-state index is -4.31. The summed E-state index contributed by atoms with van der Waals surface area (Å²) in [5, 5.41) is 26.1. The van der Waals surface area contributed by atoms with E-state index in [2.05, 4.69) is 10.3 Å². The second kappa shape index (κ2) is 12.1. The molecule has 1 N–H and O–H groups in total. The number of para-hydroxylation sites is 2. The minimum Gasteiger partial charge on any atom is -0.315 e. The van der Waals surface area contributed by atoms with Crippen molar-refractivity contribution in [1.29, 1.82) is 0 Å². The van der Waals surface area contributed by atoms with Gasteiger partial charge in [-0.15, -0.1) is 0 Å². The molecule has 1 aliphatic rings. The lowest BCUT2D eigenvalue weighted by molar-refractivity contribution is -0.388. The molecule has 4 rings (SSSR count). The molecule has 16 heteroatoms. The Balaban J connectivity index is 1.70. The van der Waals surface area contributed by atoms with Crippen LogP contribution in [0.4, 0.5) is 11.4 Å². The van der Waals surface area contributed by atoms with Gasteiger partial charge in [-0.05, 0) is 37.2 Å². The van der Waals surface area contributed by atoms with Crippen LogP contribution in [0, 0.1) is 20.2 Å². The first-order valence-electron chi connectivity index (χ1n) is 12.1. The highest BCUT2D eigenvalue weighted by molar-refractivity contribution is 7.89. The summed E-state index contributed by atoms with van der Waals surface area (Å²) in [6.45, 7) is 0.0493. The Kier molecular flexibility index (Phi) is 8.85. The van der Waals surface area contributed by atoms with Crippen molar-refractivity contribution in [2.75, 3.05) is 26.2 Å². The normalized spacial score (nSPS) is 16.3. The van der Waals surface area contributed by atoms with Crippen molar-refractivity contribution in [2.24, 2.45) is 0 Å². The first kappa shape index (κ1) is 29.2. The standard InChI is InChI=1S/C24H26N6O8S2/c31-29(32)21-9-1-3-11-23(21)39(35,36)27-15-6-13-25-14-16-28(18-20-8-5-7-19(17-27)26-20)40(37,38)24-12-4-2-10-22(24)30(33)34/h1-5,7-12,25H,6,13-18H2. The number of nitrogens with one attached hydrogen (secondary N) is 1. The van der Waals surface area contributed by atoms with E-state index in [1.165, 1.54) is 36.4 Å². The van der Waals surface area contributed by atoms with Crippen LogP contribution < -0.4 is 5.32 Å². The first-order valence-corrected chi connectivity index (χ1v) is 15.0. The molecule has 0 spiro atoms. The molecule has 2 bridgehead atoms. The summed E-state index contributed by atoms with van der Waals surface area (Å²) in [7, 11) is -8.60. The summed E-state index contributed by atoms with van der Waals surface area (Å²) in [6, 6.07) is 14.9. The highest BCUT2D eigenvalue weighted by Crippen LogP contribution is 2.29. The number of hydrogen-bond donors (Lipinski definition) is 1. The fourth-order valence-electron chi connectivity index (χ4n) is 4.27. The maximum Gasteiger partial charge on any atom is 0.289 e. The third-order valence-electron chi connectivity index (χ3n) is 6.20. The van der Waals surface area contributed by atoms with Crippen molar-refractivity contribution < 1.29 is 26.7 Å². The van der Waals surface area contributed by atoms with E-state index in [4.69, 9.17) is 0 Å². The lowest BCUT2D eigenvalue weighted by atomic mass is 10.3. The zero-order chi connectivity index (χ0) is 28.9. The van der Waals surface area contributed by atoms with Gasteiger partial charge in [-0.3, -0.25) is 25.2 Å². The van der Waals surface area contributed by atoms with Crippen LogP contribution >= 0.6 is 0 Å². The van der Waals surface area contributed by atoms with Gasteiger partial charge in [-0.2, -0.15) is 8.61 Å². The Morgan fingerprint density at radius 2 is 1.15 bits per heavy atom. The molecular weight excluding hydrogens is 564 g/mol. The lowest BCUT2D eigenvalue weighted by Crippen LogP contribution is -2.37. The van der Waals surface area contributed by atoms with Gasteiger partial charge in [0.05, 0.1) is 34.3 Å². The zero-order valence-electron chi connectivity index (χ0n) is 21.1. The minimum absolute atomic E-state index is 0.0194. The Bertz CT molecular complexity index is 1510. The maximum absolute atomic E-state index is 13.6. The van der Waals surface area contributed by atoms with Crippen LogP contribution in [0.25, 0.3) is 0 Å². The van der Waals surface area contributed by atoms with Gasteiger partial charge in [0.1, 0.15) is 0 Å². The number of sulfonamides is 2. The van der Waals surface area contributed by atoms with E-state index in [-0.39, 0.29) is 32.7 Å². The lowest BCUT2D eigenvalue weighted by Gasteiger charge is -2.22. The molecule has 14 nitrogen and oxygen atoms in total. The molecular formula is C24H26N6O8S2. The average Bonchev–Trinajstić information content (AvgIpc) is 2.94. The summed E-state index contributed by atoms with van der Waals surface area (Å²) in [4.78, 5) is 25.1. The first-order chi connectivity index (χ1) is 19.0. The number of rotatable bonds is 6. The fourth-order valence-corrected chi connectivity index (χ4v) is 7.45. The third-order valence-corrected chi connectivity index (χ3v) is 9.98. The van der Waals surface area contributed by atoms with E-state index in [1.54, 1.807) is 18.2 Å². The summed E-state index contributed by atoms with van der Waals surface area (Å²) < 4.78 is 56.4. The van der Waals surface area contributed by atoms with Crippen LogP contribution in [-0.4, -0.2) is 66.5 Å². The van der Waals surface area contributed by atoms with Gasteiger partial charge in [0.15, 0.2) is 9.79 Å². The second-order valence-corrected chi connectivity index (χ2v) is 12.7. The molecule has 0 saturated heterocycles. The van der Waals surface area contributed by atoms with Gasteiger partial charge < -0.3 is 5.32 Å². The molecule has 0 atom stereocenters. The average molecular weight is 591 g/mol. The Hall–Kier alpha value is -3.83. The summed E-state index contributed by atoms with van der Waals surface area (Å²) >= 11 is 0. The van der Waals surface area contributed by atoms with Crippen LogP contribution in [-0.2, 0) is 33.1 Å². The van der Waals surface area contributed by atoms with Crippen molar-refractivity contribution in [3.05, 3.63) is 98.3 Å². The topological polar surface area (TPSA) is 186 Å². The van der Waals surface area contributed by atoms with Crippen LogP contribution in [0.15, 0.2) is 76.5 Å². The molecule has 0 amide bonds. The molecule has 0 unspecified atom stereocenters. The van der Waals surface area contributed by atoms with Crippen LogP contribution in [0.1, 0.15) is 17.8 Å². The van der Waals surface area contributed by atoms with Gasteiger partial charge in [-0.1, -0.05) is 30.3 Å². The number of pyridine rings is 1. The number of fused-ring (bicyclic) bond motifs is 2. The Labute approximate surface area is 230 Å². The second-order valence-electron chi connectivity index (χ2n) is 8.85. The van der Waals surface area contributed by atoms with Crippen LogP contribution in [0.3, 0.4) is 0 Å². The van der Waals surface area contributed by atoms with Gasteiger partial charge in [0, 0.05) is 31.8 Å². The van der Waals surface area contributed by atoms with Gasteiger partial charge >= 0.3 is 0 Å². The summed E-state index contributed by atoms with van der Waals surface area (Å²) in [5.74, 6) is 0. The predicted molar refractivity (Wildman–Crippen MR) is 143 cm³/mol. The Morgan fingerprint density at radius 1 is 0.675 bits per heavy atom. The van der Waals surface area contributed by atoms with Crippen molar-refractivity contribution in [3.8, 4) is 0 Å². The van der Waals surface area contributed by atoms with Crippen LogP contribution in [0.2, 0.25) is 0 Å². The third kappa shape index (κ3) is 6.31. The van der Waals surface area contributed by atoms with Crippen molar-refractivity contribution in [1.82, 2.24) is 18.9 Å². The van der Waals surface area contributed by atoms with E-state index in [1.807, 2.05) is 0 Å². The largest absolute Gasteiger partial charge is 0.315 e. The highest BCUT2D eigenvalue weighted by Gasteiger charge is 2.33. The van der Waals surface area contributed by atoms with Crippen LogP contribution in [0.5, 0.6) is 0 Å². The summed E-state index contributed by atoms with van der Waals surface area (Å²) in [5.41, 5.74) is -0.492. The molecule has 0 radical (unpaired) electrons. The quantitative estimate of drug-likeness (QED) is 0.330. The van der Waals surface area contributed by atoms with E-state index < -0.39 is 51.1 Å². The predicted octanol–water partition coefficient (Wildman–Crippen LogP) is 2.27. The van der Waals surface area contributed by atoms with Gasteiger partial charge in [0.25, 0.3) is 11.4 Å². The highest BCUT2D eigenvalue weighted by atomic mass is 32.2. The molecule has 0 fully saturated rings. The van der Waals surface area contributed by atoms with Gasteiger partial charge in [-0.25, -0.2) is 16.8 Å². The molecule has 1 aliphatic heterocycles. The SMILES string of the molecule is O=[N+]([O-])c1ccccc1S(=O)(=O)N1CCCNCCN(S(=O)(=O)c2ccccc2[N+](=O)[O-])Cc2cccc(n2)C1. The fraction of sp³-hybridized carbons (Fsp3) is 0.292. The number of benzene rings is 2. The molecule has 3 aromatic rings. The number of nitro groups is 2. The summed E-state index contributed by atoms with van der Waals surface area (Å²) in [6.07, 6.45) is 0.316. The number of nitrogens with zero attached hydrogens (tertiary/aromatic N) is 5. The zero-order valence-corrected chi connectivity index (χ0v) is 22.8. The molecule has 2 heterocycles. The molecule has 40 heavy (non-hydrogen) atoms.